The second kappa shape index (κ2) is 9.39. The minimum Gasteiger partial charge on any atom is -0.493 e. The Morgan fingerprint density at radius 1 is 1.10 bits per heavy atom. The Morgan fingerprint density at radius 2 is 1.79 bits per heavy atom. The predicted octanol–water partition coefficient (Wildman–Crippen LogP) is 2.79. The Bertz CT molecular complexity index is 904. The van der Waals surface area contributed by atoms with E-state index in [1.165, 1.54) is 6.07 Å². The Labute approximate surface area is 170 Å². The number of amides is 1. The van der Waals surface area contributed by atoms with Crippen molar-refractivity contribution in [2.24, 2.45) is 0 Å². The highest BCUT2D eigenvalue weighted by molar-refractivity contribution is 5.79. The van der Waals surface area contributed by atoms with Gasteiger partial charge < -0.3 is 14.4 Å². The molecular weight excluding hydrogens is 373 g/mol. The molecule has 6 nitrogen and oxygen atoms in total. The lowest BCUT2D eigenvalue weighted by Gasteiger charge is -2.37. The number of nitriles is 1. The monoisotopic (exact) mass is 397 g/mol. The van der Waals surface area contributed by atoms with Crippen LogP contribution in [0.2, 0.25) is 0 Å². The summed E-state index contributed by atoms with van der Waals surface area (Å²) in [6.07, 6.45) is 0.259. The molecule has 0 aromatic heterocycles. The Kier molecular flexibility index (Phi) is 6.68. The summed E-state index contributed by atoms with van der Waals surface area (Å²) < 4.78 is 24.6. The van der Waals surface area contributed by atoms with Crippen LogP contribution in [-0.2, 0) is 11.2 Å². The molecule has 2 aromatic carbocycles. The molecule has 1 saturated heterocycles. The first kappa shape index (κ1) is 20.6. The highest BCUT2D eigenvalue weighted by Gasteiger charge is 2.28. The van der Waals surface area contributed by atoms with E-state index in [0.29, 0.717) is 43.2 Å². The lowest BCUT2D eigenvalue weighted by molar-refractivity contribution is -0.132. The number of piperazine rings is 1. The van der Waals surface area contributed by atoms with E-state index < -0.39 is 6.04 Å². The molecule has 1 heterocycles. The summed E-state index contributed by atoms with van der Waals surface area (Å²) in [5.41, 5.74) is 1.22. The first-order valence-corrected chi connectivity index (χ1v) is 9.44. The molecule has 0 bridgehead atoms. The van der Waals surface area contributed by atoms with Crippen LogP contribution in [0.15, 0.2) is 42.5 Å². The van der Waals surface area contributed by atoms with Crippen molar-refractivity contribution in [3.63, 3.8) is 0 Å². The number of carbonyl (C=O) groups is 1. The second-order valence-corrected chi connectivity index (χ2v) is 6.84. The van der Waals surface area contributed by atoms with Crippen LogP contribution in [0.3, 0.4) is 0 Å². The van der Waals surface area contributed by atoms with Crippen molar-refractivity contribution >= 4 is 5.91 Å². The molecule has 0 radical (unpaired) electrons. The van der Waals surface area contributed by atoms with Gasteiger partial charge in [0.05, 0.1) is 26.7 Å². The molecule has 152 valence electrons. The first-order chi connectivity index (χ1) is 14.1. The van der Waals surface area contributed by atoms with Crippen LogP contribution in [-0.4, -0.2) is 56.1 Å². The number of hydrogen-bond donors (Lipinski definition) is 0. The van der Waals surface area contributed by atoms with Gasteiger partial charge in [-0.1, -0.05) is 24.3 Å². The van der Waals surface area contributed by atoms with Crippen LogP contribution in [0.4, 0.5) is 4.39 Å². The number of methoxy groups -OCH3 is 2. The van der Waals surface area contributed by atoms with Crippen LogP contribution < -0.4 is 9.47 Å². The molecule has 7 heteroatoms. The van der Waals surface area contributed by atoms with Crippen LogP contribution in [0.25, 0.3) is 0 Å². The summed E-state index contributed by atoms with van der Waals surface area (Å²) in [5.74, 6) is 0.833. The van der Waals surface area contributed by atoms with Crippen LogP contribution >= 0.6 is 0 Å². The SMILES string of the molecule is COc1ccc(CC(=O)N2CCN(C(C#N)c3ccccc3F)CC2)cc1OC. The number of ether oxygens (including phenoxy) is 2. The van der Waals surface area contributed by atoms with Gasteiger partial charge >= 0.3 is 0 Å². The topological polar surface area (TPSA) is 65.8 Å². The van der Waals surface area contributed by atoms with Crippen molar-refractivity contribution in [2.75, 3.05) is 40.4 Å². The third-order valence-corrected chi connectivity index (χ3v) is 5.16. The third kappa shape index (κ3) is 4.66. The van der Waals surface area contributed by atoms with E-state index in [-0.39, 0.29) is 18.1 Å². The number of hydrogen-bond acceptors (Lipinski definition) is 5. The maximum absolute atomic E-state index is 14.1. The second-order valence-electron chi connectivity index (χ2n) is 6.84. The largest absolute Gasteiger partial charge is 0.493 e. The number of nitrogens with zero attached hydrogens (tertiary/aromatic N) is 3. The van der Waals surface area contributed by atoms with Crippen LogP contribution in [0, 0.1) is 17.1 Å². The zero-order valence-electron chi connectivity index (χ0n) is 16.6. The van der Waals surface area contributed by atoms with Gasteiger partial charge in [0.2, 0.25) is 5.91 Å². The molecule has 1 unspecified atom stereocenters. The van der Waals surface area contributed by atoms with Gasteiger partial charge in [0.25, 0.3) is 0 Å². The van der Waals surface area contributed by atoms with E-state index in [0.717, 1.165) is 5.56 Å². The number of carbonyl (C=O) groups excluding carboxylic acids is 1. The molecule has 29 heavy (non-hydrogen) atoms. The van der Waals surface area contributed by atoms with Gasteiger partial charge in [0, 0.05) is 31.7 Å². The summed E-state index contributed by atoms with van der Waals surface area (Å²) in [4.78, 5) is 16.4. The standard InChI is InChI=1S/C22H24FN3O3/c1-28-20-8-7-16(13-21(20)29-2)14-22(27)26-11-9-25(10-12-26)19(15-24)17-5-3-4-6-18(17)23/h3-8,13,19H,9-12,14H2,1-2H3. The smallest absolute Gasteiger partial charge is 0.227 e. The van der Waals surface area contributed by atoms with Crippen molar-refractivity contribution in [3.05, 3.63) is 59.4 Å². The van der Waals surface area contributed by atoms with E-state index in [1.54, 1.807) is 49.5 Å². The molecular formula is C22H24FN3O3. The van der Waals surface area contributed by atoms with Gasteiger partial charge in [-0.2, -0.15) is 5.26 Å². The van der Waals surface area contributed by atoms with Gasteiger partial charge in [-0.25, -0.2) is 4.39 Å². The molecule has 0 saturated carbocycles. The van der Waals surface area contributed by atoms with E-state index in [4.69, 9.17) is 9.47 Å². The summed E-state index contributed by atoms with van der Waals surface area (Å²) >= 11 is 0. The van der Waals surface area contributed by atoms with E-state index in [9.17, 15) is 14.4 Å². The summed E-state index contributed by atoms with van der Waals surface area (Å²) in [7, 11) is 3.13. The van der Waals surface area contributed by atoms with Gasteiger partial charge in [0.1, 0.15) is 11.9 Å². The van der Waals surface area contributed by atoms with Gasteiger partial charge in [-0.05, 0) is 23.8 Å². The van der Waals surface area contributed by atoms with Crippen molar-refractivity contribution in [1.82, 2.24) is 9.80 Å². The Balaban J connectivity index is 1.61. The normalized spacial score (nSPS) is 15.4. The van der Waals surface area contributed by atoms with Crippen molar-refractivity contribution in [3.8, 4) is 17.6 Å². The number of rotatable bonds is 6. The fourth-order valence-corrected chi connectivity index (χ4v) is 3.55. The molecule has 1 fully saturated rings. The van der Waals surface area contributed by atoms with Gasteiger partial charge in [0.15, 0.2) is 11.5 Å². The molecule has 0 spiro atoms. The van der Waals surface area contributed by atoms with Crippen LogP contribution in [0.1, 0.15) is 17.2 Å². The molecule has 3 rings (SSSR count). The molecule has 0 aliphatic carbocycles. The zero-order chi connectivity index (χ0) is 20.8. The number of halogens is 1. The van der Waals surface area contributed by atoms with Crippen molar-refractivity contribution in [1.29, 1.82) is 5.26 Å². The quantitative estimate of drug-likeness (QED) is 0.750. The zero-order valence-corrected chi connectivity index (χ0v) is 16.6. The molecule has 1 aliphatic rings. The molecule has 1 amide bonds. The van der Waals surface area contributed by atoms with Crippen LogP contribution in [0.5, 0.6) is 11.5 Å². The highest BCUT2D eigenvalue weighted by Crippen LogP contribution is 2.28. The summed E-state index contributed by atoms with van der Waals surface area (Å²) in [6.45, 7) is 2.03. The van der Waals surface area contributed by atoms with Gasteiger partial charge in [-0.3, -0.25) is 9.69 Å². The highest BCUT2D eigenvalue weighted by atomic mass is 19.1. The maximum atomic E-state index is 14.1. The Hall–Kier alpha value is -3.11. The first-order valence-electron chi connectivity index (χ1n) is 9.44. The van der Waals surface area contributed by atoms with Crippen molar-refractivity contribution < 1.29 is 18.7 Å². The lowest BCUT2D eigenvalue weighted by Crippen LogP contribution is -2.50. The van der Waals surface area contributed by atoms with E-state index >= 15 is 0 Å². The minimum atomic E-state index is -0.653. The maximum Gasteiger partial charge on any atom is 0.227 e. The molecule has 1 aliphatic heterocycles. The number of benzene rings is 2. The average molecular weight is 397 g/mol. The summed E-state index contributed by atoms with van der Waals surface area (Å²) in [5, 5.41) is 9.56. The summed E-state index contributed by atoms with van der Waals surface area (Å²) in [6, 6.07) is 13.3. The van der Waals surface area contributed by atoms with Crippen molar-refractivity contribution in [2.45, 2.75) is 12.5 Å². The van der Waals surface area contributed by atoms with E-state index in [2.05, 4.69) is 6.07 Å². The average Bonchev–Trinajstić information content (AvgIpc) is 2.76. The molecule has 0 N–H and O–H groups in total. The van der Waals surface area contributed by atoms with E-state index in [1.807, 2.05) is 11.0 Å². The predicted molar refractivity (Wildman–Crippen MR) is 106 cm³/mol. The minimum absolute atomic E-state index is 0.0104. The molecule has 1 atom stereocenters. The molecule has 2 aromatic rings. The fraction of sp³-hybridized carbons (Fsp3) is 0.364. The Morgan fingerprint density at radius 3 is 2.41 bits per heavy atom. The van der Waals surface area contributed by atoms with Gasteiger partial charge in [-0.15, -0.1) is 0 Å². The third-order valence-electron chi connectivity index (χ3n) is 5.16. The fourth-order valence-electron chi connectivity index (χ4n) is 3.55. The lowest BCUT2D eigenvalue weighted by atomic mass is 10.0.